The van der Waals surface area contributed by atoms with Gasteiger partial charge in [0.2, 0.25) is 5.91 Å². The van der Waals surface area contributed by atoms with E-state index in [9.17, 15) is 4.79 Å². The fourth-order valence-corrected chi connectivity index (χ4v) is 2.43. The van der Waals surface area contributed by atoms with Crippen molar-refractivity contribution in [3.8, 4) is 0 Å². The number of hydrogen-bond donors (Lipinski definition) is 1. The van der Waals surface area contributed by atoms with Crippen LogP contribution in [0, 0.1) is 0 Å². The van der Waals surface area contributed by atoms with Gasteiger partial charge >= 0.3 is 0 Å². The molecule has 0 aromatic heterocycles. The topological polar surface area (TPSA) is 46.3 Å². The van der Waals surface area contributed by atoms with Gasteiger partial charge in [0.1, 0.15) is 5.54 Å². The first kappa shape index (κ1) is 12.6. The van der Waals surface area contributed by atoms with Crippen LogP contribution in [0.5, 0.6) is 0 Å². The molecule has 1 saturated heterocycles. The highest BCUT2D eigenvalue weighted by Gasteiger charge is 2.35. The van der Waals surface area contributed by atoms with Crippen molar-refractivity contribution in [1.29, 1.82) is 0 Å². The zero-order valence-electron chi connectivity index (χ0n) is 9.95. The van der Waals surface area contributed by atoms with Crippen LogP contribution in [0.2, 0.25) is 0 Å². The molecule has 92 valence electrons. The minimum Gasteiger partial charge on any atom is -0.341 e. The van der Waals surface area contributed by atoms with E-state index in [2.05, 4.69) is 15.9 Å². The van der Waals surface area contributed by atoms with Crippen LogP contribution in [0.3, 0.4) is 0 Å². The third kappa shape index (κ3) is 2.53. The molecular formula is C13H17BrN2O. The fourth-order valence-electron chi connectivity index (χ4n) is 2.17. The van der Waals surface area contributed by atoms with Crippen molar-refractivity contribution >= 4 is 21.8 Å². The lowest BCUT2D eigenvalue weighted by Gasteiger charge is -2.29. The van der Waals surface area contributed by atoms with Crippen LogP contribution >= 0.6 is 15.9 Å². The molecule has 17 heavy (non-hydrogen) atoms. The van der Waals surface area contributed by atoms with Crippen molar-refractivity contribution < 1.29 is 4.79 Å². The molecule has 0 aliphatic carbocycles. The molecule has 3 nitrogen and oxygen atoms in total. The molecule has 1 aliphatic rings. The Hall–Kier alpha value is -0.870. The highest BCUT2D eigenvalue weighted by Crippen LogP contribution is 2.24. The first-order valence-corrected chi connectivity index (χ1v) is 6.65. The SMILES string of the molecule is CC(N)(C(=O)N1CCCC1)c1ccc(Br)cc1. The van der Waals surface area contributed by atoms with Crippen LogP contribution in [-0.4, -0.2) is 23.9 Å². The number of likely N-dealkylation sites (tertiary alicyclic amines) is 1. The zero-order chi connectivity index (χ0) is 12.5. The van der Waals surface area contributed by atoms with Gasteiger partial charge in [0.05, 0.1) is 0 Å². The Morgan fingerprint density at radius 1 is 1.29 bits per heavy atom. The second-order valence-corrected chi connectivity index (χ2v) is 5.62. The highest BCUT2D eigenvalue weighted by molar-refractivity contribution is 9.10. The van der Waals surface area contributed by atoms with Crippen molar-refractivity contribution in [2.24, 2.45) is 5.73 Å². The number of carbonyl (C=O) groups excluding carboxylic acids is 1. The lowest BCUT2D eigenvalue weighted by molar-refractivity contribution is -0.135. The number of amides is 1. The summed E-state index contributed by atoms with van der Waals surface area (Å²) in [5.74, 6) is 0.0253. The van der Waals surface area contributed by atoms with Crippen LogP contribution < -0.4 is 5.73 Å². The lowest BCUT2D eigenvalue weighted by Crippen LogP contribution is -2.50. The molecule has 2 N–H and O–H groups in total. The Morgan fingerprint density at radius 3 is 2.35 bits per heavy atom. The average molecular weight is 297 g/mol. The molecule has 0 bridgehead atoms. The number of halogens is 1. The van der Waals surface area contributed by atoms with Gasteiger partial charge in [-0.25, -0.2) is 0 Å². The van der Waals surface area contributed by atoms with Crippen LogP contribution in [0.1, 0.15) is 25.3 Å². The Morgan fingerprint density at radius 2 is 1.82 bits per heavy atom. The maximum absolute atomic E-state index is 12.3. The van der Waals surface area contributed by atoms with E-state index in [-0.39, 0.29) is 5.91 Å². The number of rotatable bonds is 2. The van der Waals surface area contributed by atoms with Gasteiger partial charge in [-0.3, -0.25) is 4.79 Å². The average Bonchev–Trinajstić information content (AvgIpc) is 2.82. The van der Waals surface area contributed by atoms with Gasteiger partial charge in [-0.05, 0) is 37.5 Å². The monoisotopic (exact) mass is 296 g/mol. The summed E-state index contributed by atoms with van der Waals surface area (Å²) >= 11 is 3.38. The molecule has 1 fully saturated rings. The van der Waals surface area contributed by atoms with E-state index in [0.717, 1.165) is 36.0 Å². The van der Waals surface area contributed by atoms with E-state index in [4.69, 9.17) is 5.73 Å². The van der Waals surface area contributed by atoms with Crippen molar-refractivity contribution in [3.05, 3.63) is 34.3 Å². The summed E-state index contributed by atoms with van der Waals surface area (Å²) in [4.78, 5) is 14.2. The second kappa shape index (κ2) is 4.78. The van der Waals surface area contributed by atoms with E-state index < -0.39 is 5.54 Å². The number of hydrogen-bond acceptors (Lipinski definition) is 2. The molecule has 1 aromatic rings. The number of carbonyl (C=O) groups is 1. The molecule has 1 heterocycles. The summed E-state index contributed by atoms with van der Waals surface area (Å²) < 4.78 is 0.991. The van der Waals surface area contributed by atoms with Crippen molar-refractivity contribution in [2.75, 3.05) is 13.1 Å². The van der Waals surface area contributed by atoms with Crippen LogP contribution in [-0.2, 0) is 10.3 Å². The quantitative estimate of drug-likeness (QED) is 0.910. The summed E-state index contributed by atoms with van der Waals surface area (Å²) in [6, 6.07) is 7.63. The molecule has 0 saturated carbocycles. The number of nitrogens with two attached hydrogens (primary N) is 1. The van der Waals surface area contributed by atoms with Gasteiger partial charge in [0.25, 0.3) is 0 Å². The fraction of sp³-hybridized carbons (Fsp3) is 0.462. The minimum atomic E-state index is -0.926. The third-order valence-electron chi connectivity index (χ3n) is 3.28. The molecule has 2 rings (SSSR count). The molecule has 1 amide bonds. The zero-order valence-corrected chi connectivity index (χ0v) is 11.5. The summed E-state index contributed by atoms with van der Waals surface area (Å²) in [5.41, 5.74) is 6.14. The van der Waals surface area contributed by atoms with E-state index in [0.29, 0.717) is 0 Å². The van der Waals surface area contributed by atoms with E-state index in [1.54, 1.807) is 6.92 Å². The van der Waals surface area contributed by atoms with Crippen LogP contribution in [0.4, 0.5) is 0 Å². The van der Waals surface area contributed by atoms with Crippen molar-refractivity contribution in [1.82, 2.24) is 4.90 Å². The maximum atomic E-state index is 12.3. The summed E-state index contributed by atoms with van der Waals surface area (Å²) in [6.07, 6.45) is 2.17. The van der Waals surface area contributed by atoms with Gasteiger partial charge in [-0.15, -0.1) is 0 Å². The van der Waals surface area contributed by atoms with Crippen LogP contribution in [0.25, 0.3) is 0 Å². The van der Waals surface area contributed by atoms with Crippen molar-refractivity contribution in [3.63, 3.8) is 0 Å². The number of nitrogens with zero attached hydrogens (tertiary/aromatic N) is 1. The van der Waals surface area contributed by atoms with E-state index in [1.807, 2.05) is 29.2 Å². The van der Waals surface area contributed by atoms with Gasteiger partial charge in [0, 0.05) is 17.6 Å². The molecule has 4 heteroatoms. The smallest absolute Gasteiger partial charge is 0.246 e. The molecule has 1 unspecified atom stereocenters. The van der Waals surface area contributed by atoms with Crippen molar-refractivity contribution in [2.45, 2.75) is 25.3 Å². The van der Waals surface area contributed by atoms with Gasteiger partial charge in [-0.2, -0.15) is 0 Å². The molecule has 1 aliphatic heterocycles. The minimum absolute atomic E-state index is 0.0253. The molecule has 1 aromatic carbocycles. The molecule has 0 radical (unpaired) electrons. The van der Waals surface area contributed by atoms with Gasteiger partial charge in [0.15, 0.2) is 0 Å². The second-order valence-electron chi connectivity index (χ2n) is 4.71. The molecular weight excluding hydrogens is 280 g/mol. The predicted octanol–water partition coefficient (Wildman–Crippen LogP) is 2.25. The Kier molecular flexibility index (Phi) is 3.54. The Labute approximate surface area is 110 Å². The van der Waals surface area contributed by atoms with Gasteiger partial charge in [-0.1, -0.05) is 28.1 Å². The third-order valence-corrected chi connectivity index (χ3v) is 3.81. The summed E-state index contributed by atoms with van der Waals surface area (Å²) in [5, 5.41) is 0. The lowest BCUT2D eigenvalue weighted by atomic mass is 9.92. The van der Waals surface area contributed by atoms with E-state index >= 15 is 0 Å². The molecule has 1 atom stereocenters. The normalized spacial score (nSPS) is 19.1. The standard InChI is InChI=1S/C13H17BrN2O/c1-13(15,10-4-6-11(14)7-5-10)12(17)16-8-2-3-9-16/h4-7H,2-3,8-9,15H2,1H3. The summed E-state index contributed by atoms with van der Waals surface area (Å²) in [7, 11) is 0. The predicted molar refractivity (Wildman–Crippen MR) is 71.5 cm³/mol. The summed E-state index contributed by atoms with van der Waals surface area (Å²) in [6.45, 7) is 3.46. The first-order valence-electron chi connectivity index (χ1n) is 5.86. The van der Waals surface area contributed by atoms with Crippen LogP contribution in [0.15, 0.2) is 28.7 Å². The Balaban J connectivity index is 2.22. The maximum Gasteiger partial charge on any atom is 0.246 e. The molecule has 0 spiro atoms. The number of benzene rings is 1. The first-order chi connectivity index (χ1) is 8.01. The Bertz CT molecular complexity index is 408. The highest BCUT2D eigenvalue weighted by atomic mass is 79.9. The largest absolute Gasteiger partial charge is 0.341 e. The van der Waals surface area contributed by atoms with E-state index in [1.165, 1.54) is 0 Å². The van der Waals surface area contributed by atoms with Gasteiger partial charge < -0.3 is 10.6 Å².